The maximum absolute atomic E-state index is 11.7. The van der Waals surface area contributed by atoms with Crippen LogP contribution in [0.15, 0.2) is 35.6 Å². The molecule has 1 amide bonds. The van der Waals surface area contributed by atoms with Crippen molar-refractivity contribution in [2.24, 2.45) is 0 Å². The summed E-state index contributed by atoms with van der Waals surface area (Å²) in [6, 6.07) is 8.31. The zero-order valence-electron chi connectivity index (χ0n) is 13.6. The van der Waals surface area contributed by atoms with Crippen molar-refractivity contribution in [3.05, 3.63) is 47.3 Å². The number of carbonyl (C=O) groups is 1. The number of nitrogens with zero attached hydrogens (tertiary/aromatic N) is 2. The number of aromatic nitrogens is 2. The molecule has 1 aromatic carbocycles. The first-order valence-corrected chi connectivity index (χ1v) is 8.73. The second-order valence-corrected chi connectivity index (χ2v) is 6.37. The van der Waals surface area contributed by atoms with Crippen LogP contribution in [0.2, 0.25) is 0 Å². The van der Waals surface area contributed by atoms with Gasteiger partial charge in [0.25, 0.3) is 0 Å². The van der Waals surface area contributed by atoms with Gasteiger partial charge in [-0.2, -0.15) is 0 Å². The number of hydrogen-bond acceptors (Lipinski definition) is 4. The van der Waals surface area contributed by atoms with Gasteiger partial charge in [-0.1, -0.05) is 48.5 Å². The van der Waals surface area contributed by atoms with Gasteiger partial charge < -0.3 is 15.0 Å². The highest BCUT2D eigenvalue weighted by molar-refractivity contribution is 7.99. The first kappa shape index (κ1) is 17.6. The van der Waals surface area contributed by atoms with Crippen LogP contribution < -0.4 is 5.32 Å². The molecule has 2 rings (SSSR count). The summed E-state index contributed by atoms with van der Waals surface area (Å²) in [5, 5.41) is 12.9. The molecule has 0 unspecified atom stereocenters. The number of benzene rings is 1. The van der Waals surface area contributed by atoms with Crippen molar-refractivity contribution in [3.63, 3.8) is 0 Å². The molecule has 0 saturated carbocycles. The molecule has 0 aliphatic rings. The summed E-state index contributed by atoms with van der Waals surface area (Å²) in [7, 11) is 0. The molecule has 0 aliphatic heterocycles. The first-order valence-electron chi connectivity index (χ1n) is 7.74. The Morgan fingerprint density at radius 2 is 2.09 bits per heavy atom. The number of aliphatic hydroxyl groups is 1. The third-order valence-electron chi connectivity index (χ3n) is 3.33. The van der Waals surface area contributed by atoms with Gasteiger partial charge in [0.2, 0.25) is 5.91 Å². The Hall–Kier alpha value is -1.79. The third kappa shape index (κ3) is 5.41. The quantitative estimate of drug-likeness (QED) is 0.728. The maximum atomic E-state index is 11.7. The second-order valence-electron chi connectivity index (χ2n) is 5.43. The van der Waals surface area contributed by atoms with Crippen molar-refractivity contribution in [1.29, 1.82) is 0 Å². The van der Waals surface area contributed by atoms with Gasteiger partial charge in [-0.25, -0.2) is 4.98 Å². The Morgan fingerprint density at radius 3 is 2.74 bits per heavy atom. The van der Waals surface area contributed by atoms with E-state index in [9.17, 15) is 9.90 Å². The molecule has 0 saturated heterocycles. The van der Waals surface area contributed by atoms with Gasteiger partial charge in [-0.15, -0.1) is 0 Å². The van der Waals surface area contributed by atoms with Gasteiger partial charge in [0.15, 0.2) is 5.16 Å². The molecule has 5 nitrogen and oxygen atoms in total. The van der Waals surface area contributed by atoms with Crippen LogP contribution in [-0.4, -0.2) is 32.9 Å². The number of hydrogen-bond donors (Lipinski definition) is 2. The number of nitrogens with one attached hydrogen (secondary N) is 1. The summed E-state index contributed by atoms with van der Waals surface area (Å²) in [6.07, 6.45) is 2.76. The van der Waals surface area contributed by atoms with E-state index in [2.05, 4.69) is 41.5 Å². The highest BCUT2D eigenvalue weighted by Crippen LogP contribution is 2.19. The highest BCUT2D eigenvalue weighted by atomic mass is 32.2. The Labute approximate surface area is 141 Å². The SMILES string of the molecule is CCCNC(=O)CSc1nc(CO)cn1Cc1ccc(C)cc1. The lowest BCUT2D eigenvalue weighted by atomic mass is 10.1. The molecule has 2 aromatic rings. The van der Waals surface area contributed by atoms with Gasteiger partial charge >= 0.3 is 0 Å². The van der Waals surface area contributed by atoms with Crippen molar-refractivity contribution in [2.75, 3.05) is 12.3 Å². The van der Waals surface area contributed by atoms with Crippen LogP contribution in [0, 0.1) is 6.92 Å². The number of imidazole rings is 1. The Kier molecular flexibility index (Phi) is 6.67. The average molecular weight is 333 g/mol. The zero-order valence-corrected chi connectivity index (χ0v) is 14.4. The Balaban J connectivity index is 2.05. The van der Waals surface area contributed by atoms with E-state index in [1.807, 2.05) is 17.7 Å². The van der Waals surface area contributed by atoms with E-state index in [-0.39, 0.29) is 12.5 Å². The maximum Gasteiger partial charge on any atom is 0.230 e. The van der Waals surface area contributed by atoms with E-state index in [1.165, 1.54) is 17.3 Å². The number of carbonyl (C=O) groups excluding carboxylic acids is 1. The van der Waals surface area contributed by atoms with Gasteiger partial charge in [0.1, 0.15) is 0 Å². The second kappa shape index (κ2) is 8.74. The van der Waals surface area contributed by atoms with Crippen molar-refractivity contribution < 1.29 is 9.90 Å². The van der Waals surface area contributed by atoms with Crippen molar-refractivity contribution in [3.8, 4) is 0 Å². The van der Waals surface area contributed by atoms with E-state index in [0.717, 1.165) is 17.1 Å². The van der Waals surface area contributed by atoms with E-state index >= 15 is 0 Å². The third-order valence-corrected chi connectivity index (χ3v) is 4.32. The van der Waals surface area contributed by atoms with Gasteiger partial charge in [-0.05, 0) is 18.9 Å². The van der Waals surface area contributed by atoms with Crippen LogP contribution in [0.4, 0.5) is 0 Å². The molecule has 0 bridgehead atoms. The molecule has 1 aromatic heterocycles. The molecule has 6 heteroatoms. The van der Waals surface area contributed by atoms with Gasteiger partial charge in [0.05, 0.1) is 18.1 Å². The van der Waals surface area contributed by atoms with Crippen LogP contribution in [0.25, 0.3) is 0 Å². The smallest absolute Gasteiger partial charge is 0.230 e. The van der Waals surface area contributed by atoms with E-state index < -0.39 is 0 Å². The first-order chi connectivity index (χ1) is 11.1. The summed E-state index contributed by atoms with van der Waals surface area (Å²) in [6.45, 7) is 5.35. The molecule has 124 valence electrons. The molecule has 2 N–H and O–H groups in total. The lowest BCUT2D eigenvalue weighted by Gasteiger charge is -2.08. The van der Waals surface area contributed by atoms with E-state index in [4.69, 9.17) is 0 Å². The normalized spacial score (nSPS) is 10.7. The summed E-state index contributed by atoms with van der Waals surface area (Å²) < 4.78 is 1.98. The minimum absolute atomic E-state index is 0.00674. The highest BCUT2D eigenvalue weighted by Gasteiger charge is 2.11. The lowest BCUT2D eigenvalue weighted by molar-refractivity contribution is -0.118. The van der Waals surface area contributed by atoms with Crippen molar-refractivity contribution in [1.82, 2.24) is 14.9 Å². The molecule has 0 aliphatic carbocycles. The largest absolute Gasteiger partial charge is 0.390 e. The van der Waals surface area contributed by atoms with Crippen LogP contribution in [0.1, 0.15) is 30.2 Å². The minimum atomic E-state index is -0.101. The van der Waals surface area contributed by atoms with Crippen molar-refractivity contribution >= 4 is 17.7 Å². The lowest BCUT2D eigenvalue weighted by Crippen LogP contribution is -2.25. The predicted molar refractivity (Wildman–Crippen MR) is 92.5 cm³/mol. The number of aryl methyl sites for hydroxylation is 1. The number of aliphatic hydroxyl groups excluding tert-OH is 1. The van der Waals surface area contributed by atoms with E-state index in [1.54, 1.807) is 0 Å². The Bertz CT molecular complexity index is 638. The number of rotatable bonds is 8. The molecular formula is C17H23N3O2S. The van der Waals surface area contributed by atoms with Crippen LogP contribution in [-0.2, 0) is 17.9 Å². The summed E-state index contributed by atoms with van der Waals surface area (Å²) in [5.41, 5.74) is 3.00. The van der Waals surface area contributed by atoms with E-state index in [0.29, 0.717) is 24.5 Å². The number of amides is 1. The van der Waals surface area contributed by atoms with Crippen LogP contribution in [0.5, 0.6) is 0 Å². The number of thioether (sulfide) groups is 1. The zero-order chi connectivity index (χ0) is 16.7. The van der Waals surface area contributed by atoms with Gasteiger partial charge in [0, 0.05) is 19.3 Å². The fraction of sp³-hybridized carbons (Fsp3) is 0.412. The average Bonchev–Trinajstić information content (AvgIpc) is 2.95. The van der Waals surface area contributed by atoms with Crippen LogP contribution in [0.3, 0.4) is 0 Å². The molecule has 0 radical (unpaired) electrons. The molecule has 1 heterocycles. The summed E-state index contributed by atoms with van der Waals surface area (Å²) in [4.78, 5) is 16.1. The monoisotopic (exact) mass is 333 g/mol. The molecule has 0 fully saturated rings. The van der Waals surface area contributed by atoms with Gasteiger partial charge in [-0.3, -0.25) is 4.79 Å². The molecule has 0 atom stereocenters. The summed E-state index contributed by atoms with van der Waals surface area (Å²) in [5.74, 6) is 0.336. The topological polar surface area (TPSA) is 67.2 Å². The fourth-order valence-electron chi connectivity index (χ4n) is 2.09. The van der Waals surface area contributed by atoms with Crippen LogP contribution >= 0.6 is 11.8 Å². The standard InChI is InChI=1S/C17H23N3O2S/c1-3-8-18-16(22)12-23-17-19-15(11-21)10-20(17)9-14-6-4-13(2)5-7-14/h4-7,10,21H,3,8-9,11-12H2,1-2H3,(H,18,22). The molecular weight excluding hydrogens is 310 g/mol. The fourth-order valence-corrected chi connectivity index (χ4v) is 2.92. The molecule has 0 spiro atoms. The Morgan fingerprint density at radius 1 is 1.35 bits per heavy atom. The summed E-state index contributed by atoms with van der Waals surface area (Å²) >= 11 is 1.39. The molecule has 23 heavy (non-hydrogen) atoms. The van der Waals surface area contributed by atoms with Crippen molar-refractivity contribution in [2.45, 2.75) is 38.6 Å². The predicted octanol–water partition coefficient (Wildman–Crippen LogP) is 2.35. The minimum Gasteiger partial charge on any atom is -0.390 e.